The molecule has 2 heterocycles. The molecule has 0 amide bonds. The van der Waals surface area contributed by atoms with Gasteiger partial charge in [0.2, 0.25) is 0 Å². The number of azide groups is 1. The lowest BCUT2D eigenvalue weighted by atomic mass is 10.1. The summed E-state index contributed by atoms with van der Waals surface area (Å²) in [5, 5.41) is 3.86. The smallest absolute Gasteiger partial charge is 0.330 e. The summed E-state index contributed by atoms with van der Waals surface area (Å²) in [7, 11) is -2.06. The van der Waals surface area contributed by atoms with Crippen LogP contribution in [0.5, 0.6) is 0 Å². The molecule has 0 radical (unpaired) electrons. The SMILES string of the molecule is Cc1cn([C@H]2CC[C@@](CO[Si](C)(C)C(C)(C)C)(N=[N+]=[N-])O2)c(=O)[nH]c1=O. The Hall–Kier alpha value is -1.87. The van der Waals surface area contributed by atoms with Crippen LogP contribution >= 0.6 is 0 Å². The van der Waals surface area contributed by atoms with Crippen molar-refractivity contribution in [3.63, 3.8) is 0 Å². The standard InChI is InChI=1S/C16H27N5O4Si/c1-11-9-21(14(23)18-13(11)22)12-7-8-16(25-12,19-20-17)10-24-26(5,6)15(2,3)4/h9,12H,7-8,10H2,1-6H3,(H,18,22,23)/t12-,16-/m1/s1. The molecule has 0 aromatic carbocycles. The van der Waals surface area contributed by atoms with Gasteiger partial charge in [-0.25, -0.2) is 4.79 Å². The minimum absolute atomic E-state index is 0.00944. The van der Waals surface area contributed by atoms with Crippen molar-refractivity contribution in [3.8, 4) is 0 Å². The summed E-state index contributed by atoms with van der Waals surface area (Å²) in [6.07, 6.45) is 1.76. The van der Waals surface area contributed by atoms with Crippen molar-refractivity contribution in [1.29, 1.82) is 0 Å². The number of H-pyrrole nitrogens is 1. The zero-order valence-corrected chi connectivity index (χ0v) is 17.2. The van der Waals surface area contributed by atoms with Crippen LogP contribution in [0, 0.1) is 6.92 Å². The molecule has 1 fully saturated rings. The topological polar surface area (TPSA) is 122 Å². The van der Waals surface area contributed by atoms with E-state index in [-0.39, 0.29) is 11.6 Å². The average molecular weight is 382 g/mol. The number of ether oxygens (including phenoxy) is 1. The molecule has 2 atom stereocenters. The van der Waals surface area contributed by atoms with E-state index in [1.807, 2.05) is 0 Å². The van der Waals surface area contributed by atoms with Gasteiger partial charge in [-0.05, 0) is 43.4 Å². The lowest BCUT2D eigenvalue weighted by Crippen LogP contribution is -2.45. The largest absolute Gasteiger partial charge is 0.414 e. The third-order valence-electron chi connectivity index (χ3n) is 5.29. The fraction of sp³-hybridized carbons (Fsp3) is 0.750. The summed E-state index contributed by atoms with van der Waals surface area (Å²) >= 11 is 0. The maximum Gasteiger partial charge on any atom is 0.330 e. The first kappa shape index (κ1) is 20.4. The second-order valence-corrected chi connectivity index (χ2v) is 13.1. The summed E-state index contributed by atoms with van der Waals surface area (Å²) < 4.78 is 13.5. The molecule has 1 aliphatic heterocycles. The molecule has 1 aliphatic rings. The summed E-state index contributed by atoms with van der Waals surface area (Å²) in [6, 6.07) is 0. The maximum atomic E-state index is 12.1. The van der Waals surface area contributed by atoms with Crippen molar-refractivity contribution < 1.29 is 9.16 Å². The number of aryl methyl sites for hydroxylation is 1. The predicted molar refractivity (Wildman–Crippen MR) is 100 cm³/mol. The molecule has 1 aromatic rings. The first-order valence-corrected chi connectivity index (χ1v) is 11.5. The molecule has 1 N–H and O–H groups in total. The Morgan fingerprint density at radius 1 is 1.50 bits per heavy atom. The van der Waals surface area contributed by atoms with Crippen LogP contribution in [0.4, 0.5) is 0 Å². The Balaban J connectivity index is 2.25. The highest BCUT2D eigenvalue weighted by atomic mass is 28.4. The number of aromatic nitrogens is 2. The van der Waals surface area contributed by atoms with Gasteiger partial charge in [-0.3, -0.25) is 14.3 Å². The average Bonchev–Trinajstić information content (AvgIpc) is 2.93. The maximum absolute atomic E-state index is 12.1. The van der Waals surface area contributed by atoms with Crippen molar-refractivity contribution in [2.75, 3.05) is 6.61 Å². The molecule has 0 unspecified atom stereocenters. The van der Waals surface area contributed by atoms with E-state index in [1.54, 1.807) is 6.92 Å². The molecule has 0 saturated carbocycles. The van der Waals surface area contributed by atoms with Gasteiger partial charge in [-0.1, -0.05) is 25.9 Å². The van der Waals surface area contributed by atoms with E-state index in [0.717, 1.165) is 0 Å². The molecule has 0 bridgehead atoms. The number of aromatic amines is 1. The van der Waals surface area contributed by atoms with Crippen molar-refractivity contribution in [3.05, 3.63) is 43.0 Å². The van der Waals surface area contributed by atoms with E-state index in [2.05, 4.69) is 48.9 Å². The van der Waals surface area contributed by atoms with Crippen LogP contribution in [-0.4, -0.2) is 30.2 Å². The number of nitrogens with one attached hydrogen (secondary N) is 1. The van der Waals surface area contributed by atoms with Gasteiger partial charge in [0, 0.05) is 16.7 Å². The fourth-order valence-corrected chi connectivity index (χ4v) is 3.54. The molecular formula is C16H27N5O4Si. The van der Waals surface area contributed by atoms with E-state index in [4.69, 9.17) is 14.7 Å². The van der Waals surface area contributed by atoms with Gasteiger partial charge in [-0.15, -0.1) is 0 Å². The third kappa shape index (κ3) is 4.09. The van der Waals surface area contributed by atoms with Crippen LogP contribution in [0.3, 0.4) is 0 Å². The Bertz CT molecular complexity index is 834. The molecule has 9 nitrogen and oxygen atoms in total. The predicted octanol–water partition coefficient (Wildman–Crippen LogP) is 3.18. The minimum Gasteiger partial charge on any atom is -0.414 e. The van der Waals surface area contributed by atoms with E-state index in [1.165, 1.54) is 10.8 Å². The van der Waals surface area contributed by atoms with Crippen molar-refractivity contribution >= 4 is 8.32 Å². The number of rotatable bonds is 5. The van der Waals surface area contributed by atoms with Gasteiger partial charge in [0.15, 0.2) is 14.0 Å². The summed E-state index contributed by atoms with van der Waals surface area (Å²) in [4.78, 5) is 28.8. The quantitative estimate of drug-likeness (QED) is 0.364. The minimum atomic E-state index is -2.06. The van der Waals surface area contributed by atoms with Crippen LogP contribution in [0.25, 0.3) is 10.4 Å². The molecular weight excluding hydrogens is 354 g/mol. The van der Waals surface area contributed by atoms with E-state index < -0.39 is 31.5 Å². The van der Waals surface area contributed by atoms with Crippen LogP contribution in [0.15, 0.2) is 20.9 Å². The van der Waals surface area contributed by atoms with E-state index in [9.17, 15) is 9.59 Å². The van der Waals surface area contributed by atoms with Gasteiger partial charge in [0.05, 0.1) is 6.61 Å². The highest BCUT2D eigenvalue weighted by Gasteiger charge is 2.45. The highest BCUT2D eigenvalue weighted by Crippen LogP contribution is 2.41. The van der Waals surface area contributed by atoms with Crippen LogP contribution < -0.4 is 11.2 Å². The normalized spacial score (nSPS) is 23.7. The molecule has 1 aromatic heterocycles. The van der Waals surface area contributed by atoms with Crippen LogP contribution in [0.1, 0.15) is 45.4 Å². The third-order valence-corrected chi connectivity index (χ3v) is 9.76. The summed E-state index contributed by atoms with van der Waals surface area (Å²) in [5.74, 6) is 0. The van der Waals surface area contributed by atoms with Crippen molar-refractivity contribution in [1.82, 2.24) is 9.55 Å². The van der Waals surface area contributed by atoms with Gasteiger partial charge in [0.25, 0.3) is 5.56 Å². The van der Waals surface area contributed by atoms with Crippen LogP contribution in [-0.2, 0) is 9.16 Å². The molecule has 0 spiro atoms. The molecule has 26 heavy (non-hydrogen) atoms. The van der Waals surface area contributed by atoms with Crippen molar-refractivity contribution in [2.45, 2.75) is 70.6 Å². The first-order valence-electron chi connectivity index (χ1n) is 8.61. The monoisotopic (exact) mass is 381 g/mol. The lowest BCUT2D eigenvalue weighted by molar-refractivity contribution is -0.0924. The fourth-order valence-electron chi connectivity index (χ4n) is 2.52. The zero-order valence-electron chi connectivity index (χ0n) is 16.2. The summed E-state index contributed by atoms with van der Waals surface area (Å²) in [6.45, 7) is 12.4. The molecule has 10 heteroatoms. The highest BCUT2D eigenvalue weighted by molar-refractivity contribution is 6.74. The Labute approximate surface area is 153 Å². The summed E-state index contributed by atoms with van der Waals surface area (Å²) in [5.41, 5.74) is 7.27. The Morgan fingerprint density at radius 3 is 2.73 bits per heavy atom. The first-order chi connectivity index (χ1) is 11.9. The Morgan fingerprint density at radius 2 is 2.15 bits per heavy atom. The lowest BCUT2D eigenvalue weighted by Gasteiger charge is -2.38. The number of nitrogens with zero attached hydrogens (tertiary/aromatic N) is 4. The van der Waals surface area contributed by atoms with E-state index >= 15 is 0 Å². The molecule has 1 saturated heterocycles. The zero-order chi connectivity index (χ0) is 19.8. The molecule has 0 aliphatic carbocycles. The number of hydrogen-bond acceptors (Lipinski definition) is 5. The van der Waals surface area contributed by atoms with Gasteiger partial charge in [-0.2, -0.15) is 0 Å². The van der Waals surface area contributed by atoms with Crippen LogP contribution in [0.2, 0.25) is 18.1 Å². The molecule has 144 valence electrons. The second kappa shape index (κ2) is 7.03. The van der Waals surface area contributed by atoms with Gasteiger partial charge < -0.3 is 9.16 Å². The van der Waals surface area contributed by atoms with Crippen molar-refractivity contribution in [2.24, 2.45) is 5.11 Å². The van der Waals surface area contributed by atoms with E-state index in [0.29, 0.717) is 18.4 Å². The number of hydrogen-bond donors (Lipinski definition) is 1. The second-order valence-electron chi connectivity index (χ2n) is 8.27. The van der Waals surface area contributed by atoms with Gasteiger partial charge in [0.1, 0.15) is 6.23 Å². The Kier molecular flexibility index (Phi) is 5.53. The molecule has 2 rings (SSSR count). The van der Waals surface area contributed by atoms with Gasteiger partial charge >= 0.3 is 5.69 Å².